The second-order valence-corrected chi connectivity index (χ2v) is 15.1. The molecular formula is C51H32N4OS. The molecule has 3 heterocycles. The molecule has 6 heteroatoms. The third kappa shape index (κ3) is 5.82. The zero-order valence-corrected chi connectivity index (χ0v) is 31.4. The monoisotopic (exact) mass is 748 g/mol. The maximum Gasteiger partial charge on any atom is 0.164 e. The number of anilines is 3. The van der Waals surface area contributed by atoms with Crippen molar-refractivity contribution in [3.8, 4) is 45.3 Å². The second kappa shape index (κ2) is 13.7. The quantitative estimate of drug-likeness (QED) is 0.162. The van der Waals surface area contributed by atoms with Gasteiger partial charge in [0.1, 0.15) is 11.2 Å². The molecule has 0 saturated carbocycles. The van der Waals surface area contributed by atoms with Gasteiger partial charge < -0.3 is 9.32 Å². The number of aromatic nitrogens is 3. The van der Waals surface area contributed by atoms with Crippen molar-refractivity contribution in [2.45, 2.75) is 0 Å². The lowest BCUT2D eigenvalue weighted by Gasteiger charge is -2.26. The van der Waals surface area contributed by atoms with Crippen LogP contribution in [0.25, 0.3) is 87.4 Å². The van der Waals surface area contributed by atoms with Gasteiger partial charge in [-0.1, -0.05) is 140 Å². The fourth-order valence-corrected chi connectivity index (χ4v) is 9.03. The predicted molar refractivity (Wildman–Crippen MR) is 236 cm³/mol. The van der Waals surface area contributed by atoms with Crippen LogP contribution in [-0.4, -0.2) is 15.0 Å². The summed E-state index contributed by atoms with van der Waals surface area (Å²) in [5.74, 6) is 1.80. The molecule has 0 aliphatic carbocycles. The van der Waals surface area contributed by atoms with Crippen LogP contribution in [-0.2, 0) is 0 Å². The highest BCUT2D eigenvalue weighted by Gasteiger charge is 2.23. The molecule has 57 heavy (non-hydrogen) atoms. The van der Waals surface area contributed by atoms with E-state index in [0.717, 1.165) is 66.6 Å². The van der Waals surface area contributed by atoms with E-state index in [1.165, 1.54) is 20.3 Å². The zero-order chi connectivity index (χ0) is 37.7. The Morgan fingerprint density at radius 2 is 0.947 bits per heavy atom. The highest BCUT2D eigenvalue weighted by molar-refractivity contribution is 7.25. The van der Waals surface area contributed by atoms with Crippen molar-refractivity contribution in [1.29, 1.82) is 0 Å². The van der Waals surface area contributed by atoms with Crippen LogP contribution >= 0.6 is 11.3 Å². The first kappa shape index (κ1) is 33.0. The van der Waals surface area contributed by atoms with Crippen LogP contribution < -0.4 is 4.90 Å². The highest BCUT2D eigenvalue weighted by Crippen LogP contribution is 2.45. The van der Waals surface area contributed by atoms with Crippen LogP contribution in [0.3, 0.4) is 0 Å². The SMILES string of the molecule is c1ccc(-c2ccc(N(c3ccccc3)c3cc(-c4nc(-c5ccccc5)nc(-c5cccc6sc7ccccc7c56)n4)c4c(c3)oc3ccccc34)cc2)cc1. The van der Waals surface area contributed by atoms with Gasteiger partial charge in [-0.2, -0.15) is 0 Å². The average Bonchev–Trinajstić information content (AvgIpc) is 3.86. The standard InChI is InChI=1S/C51H32N4OS/c1-4-15-33(16-5-1)34-27-29-37(30-28-34)55(36-19-8-3-9-20-36)38-31-42(47-39-21-10-12-24-43(39)56-44(47)32-38)51-53-49(35-17-6-2-7-18-35)52-50(54-51)41-23-14-26-46-48(41)40-22-11-13-25-45(40)57-46/h1-32H. The zero-order valence-electron chi connectivity index (χ0n) is 30.6. The minimum Gasteiger partial charge on any atom is -0.456 e. The molecule has 11 aromatic rings. The number of para-hydroxylation sites is 2. The Kier molecular flexibility index (Phi) is 7.93. The van der Waals surface area contributed by atoms with Crippen molar-refractivity contribution in [2.75, 3.05) is 4.90 Å². The molecule has 0 radical (unpaired) electrons. The molecular weight excluding hydrogens is 717 g/mol. The highest BCUT2D eigenvalue weighted by atomic mass is 32.1. The fourth-order valence-electron chi connectivity index (χ4n) is 7.90. The number of hydrogen-bond donors (Lipinski definition) is 0. The maximum absolute atomic E-state index is 6.68. The first-order chi connectivity index (χ1) is 28.2. The van der Waals surface area contributed by atoms with Crippen molar-refractivity contribution < 1.29 is 4.42 Å². The summed E-state index contributed by atoms with van der Waals surface area (Å²) in [5.41, 5.74) is 9.58. The molecule has 5 nitrogen and oxygen atoms in total. The Bertz CT molecular complexity index is 3230. The van der Waals surface area contributed by atoms with Gasteiger partial charge in [-0.25, -0.2) is 15.0 Å². The fraction of sp³-hybridized carbons (Fsp3) is 0. The minimum absolute atomic E-state index is 0.571. The summed E-state index contributed by atoms with van der Waals surface area (Å²) < 4.78 is 9.11. The number of hydrogen-bond acceptors (Lipinski definition) is 6. The molecule has 0 atom stereocenters. The molecule has 0 unspecified atom stereocenters. The van der Waals surface area contributed by atoms with E-state index in [0.29, 0.717) is 17.5 Å². The molecule has 0 aliphatic heterocycles. The topological polar surface area (TPSA) is 55.1 Å². The van der Waals surface area contributed by atoms with E-state index >= 15 is 0 Å². The maximum atomic E-state index is 6.68. The first-order valence-electron chi connectivity index (χ1n) is 18.9. The summed E-state index contributed by atoms with van der Waals surface area (Å²) in [7, 11) is 0. The Morgan fingerprint density at radius 1 is 0.368 bits per heavy atom. The average molecular weight is 749 g/mol. The second-order valence-electron chi connectivity index (χ2n) is 14.0. The van der Waals surface area contributed by atoms with E-state index in [4.69, 9.17) is 19.4 Å². The molecule has 0 amide bonds. The van der Waals surface area contributed by atoms with Crippen LogP contribution in [0.1, 0.15) is 0 Å². The largest absolute Gasteiger partial charge is 0.456 e. The van der Waals surface area contributed by atoms with E-state index in [1.807, 2.05) is 42.5 Å². The molecule has 0 saturated heterocycles. The molecule has 0 bridgehead atoms. The molecule has 268 valence electrons. The number of rotatable bonds is 7. The van der Waals surface area contributed by atoms with Crippen LogP contribution in [0, 0.1) is 0 Å². The van der Waals surface area contributed by atoms with Crippen LogP contribution in [0.15, 0.2) is 199 Å². The summed E-state index contributed by atoms with van der Waals surface area (Å²) in [6.45, 7) is 0. The number of benzene rings is 8. The molecule has 8 aromatic carbocycles. The van der Waals surface area contributed by atoms with Gasteiger partial charge >= 0.3 is 0 Å². The van der Waals surface area contributed by atoms with Gasteiger partial charge in [0.05, 0.1) is 5.69 Å². The number of furan rings is 1. The first-order valence-corrected chi connectivity index (χ1v) is 19.8. The summed E-state index contributed by atoms with van der Waals surface area (Å²) in [6, 6.07) is 67.3. The van der Waals surface area contributed by atoms with Crippen LogP contribution in [0.4, 0.5) is 17.1 Å². The lowest BCUT2D eigenvalue weighted by atomic mass is 10.0. The van der Waals surface area contributed by atoms with E-state index in [9.17, 15) is 0 Å². The van der Waals surface area contributed by atoms with Crippen molar-refractivity contribution in [2.24, 2.45) is 0 Å². The van der Waals surface area contributed by atoms with Crippen molar-refractivity contribution in [3.05, 3.63) is 194 Å². The van der Waals surface area contributed by atoms with Crippen molar-refractivity contribution in [3.63, 3.8) is 0 Å². The molecule has 0 N–H and O–H groups in total. The number of nitrogens with zero attached hydrogens (tertiary/aromatic N) is 4. The van der Waals surface area contributed by atoms with E-state index in [2.05, 4.69) is 157 Å². The summed E-state index contributed by atoms with van der Waals surface area (Å²) in [6.07, 6.45) is 0. The van der Waals surface area contributed by atoms with Gasteiger partial charge in [-0.3, -0.25) is 0 Å². The summed E-state index contributed by atoms with van der Waals surface area (Å²) in [4.78, 5) is 18.1. The predicted octanol–water partition coefficient (Wildman–Crippen LogP) is 14.3. The normalized spacial score (nSPS) is 11.5. The number of fused-ring (bicyclic) bond motifs is 6. The molecule has 0 spiro atoms. The lowest BCUT2D eigenvalue weighted by molar-refractivity contribution is 0.669. The lowest BCUT2D eigenvalue weighted by Crippen LogP contribution is -2.10. The minimum atomic E-state index is 0.571. The van der Waals surface area contributed by atoms with Gasteiger partial charge in [0, 0.05) is 65.1 Å². The van der Waals surface area contributed by atoms with E-state index < -0.39 is 0 Å². The molecule has 3 aromatic heterocycles. The third-order valence-electron chi connectivity index (χ3n) is 10.5. The van der Waals surface area contributed by atoms with E-state index in [1.54, 1.807) is 11.3 Å². The van der Waals surface area contributed by atoms with Crippen molar-refractivity contribution >= 4 is 70.5 Å². The van der Waals surface area contributed by atoms with Gasteiger partial charge in [0.2, 0.25) is 0 Å². The van der Waals surface area contributed by atoms with E-state index in [-0.39, 0.29) is 0 Å². The van der Waals surface area contributed by atoms with Crippen molar-refractivity contribution in [1.82, 2.24) is 15.0 Å². The Balaban J connectivity index is 1.18. The summed E-state index contributed by atoms with van der Waals surface area (Å²) in [5, 5.41) is 4.30. The van der Waals surface area contributed by atoms with Gasteiger partial charge in [0.15, 0.2) is 17.5 Å². The van der Waals surface area contributed by atoms with Gasteiger partial charge in [0.25, 0.3) is 0 Å². The molecule has 0 fully saturated rings. The Labute approximate surface area is 332 Å². The van der Waals surface area contributed by atoms with Gasteiger partial charge in [-0.15, -0.1) is 11.3 Å². The van der Waals surface area contributed by atoms with Crippen LogP contribution in [0.2, 0.25) is 0 Å². The van der Waals surface area contributed by atoms with Gasteiger partial charge in [-0.05, 0) is 59.7 Å². The molecule has 0 aliphatic rings. The Morgan fingerprint density at radius 3 is 1.72 bits per heavy atom. The Hall–Kier alpha value is -7.41. The smallest absolute Gasteiger partial charge is 0.164 e. The number of thiophene rings is 1. The molecule has 11 rings (SSSR count). The summed E-state index contributed by atoms with van der Waals surface area (Å²) >= 11 is 1.79. The third-order valence-corrected chi connectivity index (χ3v) is 11.7. The van der Waals surface area contributed by atoms with Crippen LogP contribution in [0.5, 0.6) is 0 Å².